The summed E-state index contributed by atoms with van der Waals surface area (Å²) in [6, 6.07) is 9.56. The first-order valence-corrected chi connectivity index (χ1v) is 10.3. The highest BCUT2D eigenvalue weighted by atomic mass is 35.5. The number of benzene rings is 1. The lowest BCUT2D eigenvalue weighted by Crippen LogP contribution is -2.54. The van der Waals surface area contributed by atoms with Crippen molar-refractivity contribution in [2.45, 2.75) is 36.9 Å². The summed E-state index contributed by atoms with van der Waals surface area (Å²) in [6.07, 6.45) is -2.28. The van der Waals surface area contributed by atoms with Crippen molar-refractivity contribution in [3.8, 4) is 0 Å². The molecule has 0 saturated carbocycles. The lowest BCUT2D eigenvalue weighted by atomic mass is 9.75. The van der Waals surface area contributed by atoms with Crippen LogP contribution >= 0.6 is 11.6 Å². The number of ether oxygens (including phenoxy) is 4. The molecule has 30 heavy (non-hydrogen) atoms. The normalized spacial score (nSPS) is 35.9. The van der Waals surface area contributed by atoms with Gasteiger partial charge in [0.25, 0.3) is 5.97 Å². The van der Waals surface area contributed by atoms with E-state index in [0.29, 0.717) is 6.54 Å². The SMILES string of the molecule is CN.CNC(=O)C1C(C(=O)NCc2ccccc2)C2O[C@@H]1[C@H]1OC(CCl)(OC)OC21. The molecule has 9 nitrogen and oxygen atoms in total. The van der Waals surface area contributed by atoms with Crippen LogP contribution in [0, 0.1) is 11.8 Å². The number of rotatable bonds is 6. The van der Waals surface area contributed by atoms with Gasteiger partial charge in [0.15, 0.2) is 0 Å². The van der Waals surface area contributed by atoms with Gasteiger partial charge < -0.3 is 35.3 Å². The van der Waals surface area contributed by atoms with E-state index < -0.39 is 42.2 Å². The number of carbonyl (C=O) groups excluding carboxylic acids is 2. The van der Waals surface area contributed by atoms with Gasteiger partial charge in [-0.3, -0.25) is 9.59 Å². The molecule has 2 amide bonds. The fourth-order valence-corrected chi connectivity index (χ4v) is 4.55. The van der Waals surface area contributed by atoms with E-state index in [2.05, 4.69) is 16.4 Å². The second-order valence-corrected chi connectivity index (χ2v) is 7.39. The third-order valence-electron chi connectivity index (χ3n) is 5.65. The molecule has 0 aromatic heterocycles. The van der Waals surface area contributed by atoms with Crippen molar-refractivity contribution in [2.24, 2.45) is 17.6 Å². The highest BCUT2D eigenvalue weighted by molar-refractivity contribution is 6.18. The van der Waals surface area contributed by atoms with Gasteiger partial charge in [-0.1, -0.05) is 30.3 Å². The number of nitrogens with two attached hydrogens (primary N) is 1. The van der Waals surface area contributed by atoms with Crippen LogP contribution < -0.4 is 16.4 Å². The molecule has 166 valence electrons. The Kier molecular flexibility index (Phi) is 7.33. The van der Waals surface area contributed by atoms with Crippen LogP contribution in [0.3, 0.4) is 0 Å². The Labute approximate surface area is 180 Å². The van der Waals surface area contributed by atoms with Crippen molar-refractivity contribution < 1.29 is 28.5 Å². The van der Waals surface area contributed by atoms with E-state index in [1.54, 1.807) is 0 Å². The van der Waals surface area contributed by atoms with Crippen LogP contribution in [0.5, 0.6) is 0 Å². The monoisotopic (exact) mass is 441 g/mol. The maximum atomic E-state index is 13.0. The molecule has 0 aliphatic carbocycles. The van der Waals surface area contributed by atoms with Crippen molar-refractivity contribution in [1.29, 1.82) is 0 Å². The second-order valence-electron chi connectivity index (χ2n) is 7.12. The topological polar surface area (TPSA) is 121 Å². The van der Waals surface area contributed by atoms with E-state index in [0.717, 1.165) is 5.56 Å². The Hall–Kier alpha value is -1.75. The van der Waals surface area contributed by atoms with Crippen LogP contribution in [-0.2, 0) is 35.1 Å². The Bertz CT molecular complexity index is 747. The molecule has 4 rings (SSSR count). The second kappa shape index (κ2) is 9.59. The molecule has 3 saturated heterocycles. The molecule has 1 aromatic carbocycles. The number of halogens is 1. The minimum absolute atomic E-state index is 0.0363. The third kappa shape index (κ3) is 3.93. The maximum absolute atomic E-state index is 13.0. The Morgan fingerprint density at radius 3 is 2.13 bits per heavy atom. The van der Waals surface area contributed by atoms with Gasteiger partial charge in [0.1, 0.15) is 18.1 Å². The molecule has 0 spiro atoms. The van der Waals surface area contributed by atoms with E-state index >= 15 is 0 Å². The van der Waals surface area contributed by atoms with E-state index in [1.165, 1.54) is 21.2 Å². The summed E-state index contributed by atoms with van der Waals surface area (Å²) >= 11 is 5.96. The van der Waals surface area contributed by atoms with Gasteiger partial charge in [0.05, 0.1) is 24.0 Å². The van der Waals surface area contributed by atoms with Gasteiger partial charge in [-0.05, 0) is 12.6 Å². The van der Waals surface area contributed by atoms with E-state index in [-0.39, 0.29) is 17.7 Å². The van der Waals surface area contributed by atoms with Crippen LogP contribution in [0.25, 0.3) is 0 Å². The smallest absolute Gasteiger partial charge is 0.297 e. The summed E-state index contributed by atoms with van der Waals surface area (Å²) in [5, 5.41) is 5.54. The molecular formula is C20H28ClN3O6. The molecule has 3 aliphatic heterocycles. The largest absolute Gasteiger partial charge is 0.368 e. The van der Waals surface area contributed by atoms with Crippen molar-refractivity contribution >= 4 is 23.4 Å². The fraction of sp³-hybridized carbons (Fsp3) is 0.600. The van der Waals surface area contributed by atoms with Gasteiger partial charge in [-0.2, -0.15) is 0 Å². The van der Waals surface area contributed by atoms with Gasteiger partial charge in [-0.15, -0.1) is 11.6 Å². The highest BCUT2D eigenvalue weighted by Crippen LogP contribution is 2.51. The maximum Gasteiger partial charge on any atom is 0.297 e. The average Bonchev–Trinajstić information content (AvgIpc) is 3.47. The zero-order valence-electron chi connectivity index (χ0n) is 17.2. The number of hydrogen-bond acceptors (Lipinski definition) is 7. The number of carbonyl (C=O) groups is 2. The summed E-state index contributed by atoms with van der Waals surface area (Å²) in [5.74, 6) is -3.33. The zero-order valence-corrected chi connectivity index (χ0v) is 17.9. The lowest BCUT2D eigenvalue weighted by Gasteiger charge is -2.30. The van der Waals surface area contributed by atoms with Crippen LogP contribution in [0.4, 0.5) is 0 Å². The summed E-state index contributed by atoms with van der Waals surface area (Å²) in [7, 11) is 4.47. The highest BCUT2D eigenvalue weighted by Gasteiger charge is 2.70. The molecule has 7 atom stereocenters. The first-order chi connectivity index (χ1) is 14.5. The van der Waals surface area contributed by atoms with E-state index in [4.69, 9.17) is 30.5 Å². The molecule has 0 radical (unpaired) electrons. The molecule has 10 heteroatoms. The standard InChI is InChI=1S/C19H23ClN2O6.CH5N/c1-21-17(23)11-12(18(24)22-8-10-6-4-3-5-7-10)14-16-15(13(11)26-14)27-19(9-20,25-2)28-16;1-2/h3-7,11-16H,8-9H2,1-2H3,(H,21,23)(H,22,24);2H2,1H3/t11?,12?,13-,14?,15+,16?,19?;/m0./s1. The molecule has 3 heterocycles. The van der Waals surface area contributed by atoms with E-state index in [9.17, 15) is 9.59 Å². The number of methoxy groups -OCH3 is 1. The van der Waals surface area contributed by atoms with Crippen LogP contribution in [-0.4, -0.2) is 69.3 Å². The number of alkyl halides is 1. The van der Waals surface area contributed by atoms with Gasteiger partial charge in [-0.25, -0.2) is 0 Å². The average molecular weight is 442 g/mol. The van der Waals surface area contributed by atoms with Crippen molar-refractivity contribution in [1.82, 2.24) is 10.6 Å². The first kappa shape index (κ1) is 22.9. The fourth-order valence-electron chi connectivity index (χ4n) is 4.32. The molecule has 4 N–H and O–H groups in total. The summed E-state index contributed by atoms with van der Waals surface area (Å²) in [5.41, 5.74) is 5.47. The number of nitrogens with one attached hydrogen (secondary N) is 2. The Morgan fingerprint density at radius 1 is 1.07 bits per heavy atom. The predicted molar refractivity (Wildman–Crippen MR) is 108 cm³/mol. The Balaban J connectivity index is 0.00000124. The summed E-state index contributed by atoms with van der Waals surface area (Å²) < 4.78 is 23.0. The van der Waals surface area contributed by atoms with Crippen molar-refractivity contribution in [3.05, 3.63) is 35.9 Å². The van der Waals surface area contributed by atoms with Crippen LogP contribution in [0.15, 0.2) is 30.3 Å². The number of fused-ring (bicyclic) bond motifs is 5. The summed E-state index contributed by atoms with van der Waals surface area (Å²) in [4.78, 5) is 25.6. The van der Waals surface area contributed by atoms with Crippen molar-refractivity contribution in [2.75, 3.05) is 27.1 Å². The zero-order chi connectivity index (χ0) is 21.9. The van der Waals surface area contributed by atoms with Crippen molar-refractivity contribution in [3.63, 3.8) is 0 Å². The molecule has 2 bridgehead atoms. The van der Waals surface area contributed by atoms with Gasteiger partial charge in [0, 0.05) is 20.7 Å². The quantitative estimate of drug-likeness (QED) is 0.529. The van der Waals surface area contributed by atoms with Gasteiger partial charge >= 0.3 is 0 Å². The summed E-state index contributed by atoms with van der Waals surface area (Å²) in [6.45, 7) is 0.364. The van der Waals surface area contributed by atoms with E-state index in [1.807, 2.05) is 30.3 Å². The third-order valence-corrected chi connectivity index (χ3v) is 5.98. The van der Waals surface area contributed by atoms with Crippen LogP contribution in [0.2, 0.25) is 0 Å². The minimum Gasteiger partial charge on any atom is -0.368 e. The first-order valence-electron chi connectivity index (χ1n) is 9.76. The molecule has 3 fully saturated rings. The van der Waals surface area contributed by atoms with Gasteiger partial charge in [0.2, 0.25) is 11.8 Å². The molecular weight excluding hydrogens is 414 g/mol. The molecule has 1 aromatic rings. The molecule has 3 aliphatic rings. The minimum atomic E-state index is -1.39. The number of hydrogen-bond donors (Lipinski definition) is 3. The van der Waals surface area contributed by atoms with Crippen LogP contribution in [0.1, 0.15) is 5.56 Å². The predicted octanol–water partition coefficient (Wildman–Crippen LogP) is -0.0399. The lowest BCUT2D eigenvalue weighted by molar-refractivity contribution is -0.327. The Morgan fingerprint density at radius 2 is 1.63 bits per heavy atom. The molecule has 5 unspecified atom stereocenters. The number of amides is 2.